The van der Waals surface area contributed by atoms with Gasteiger partial charge in [0.05, 0.1) is 64.0 Å². The number of carbonyl (C=O) groups is 9. The van der Waals surface area contributed by atoms with Crippen LogP contribution in [0.15, 0.2) is 87.8 Å². The molecule has 5 amide bonds. The van der Waals surface area contributed by atoms with E-state index in [1.807, 2.05) is 60.6 Å². The Labute approximate surface area is 743 Å². The van der Waals surface area contributed by atoms with Crippen LogP contribution in [-0.4, -0.2) is 281 Å². The average molecular weight is 1790 g/mol. The fraction of sp³-hybridized carbons (Fsp3) is 0.714. The standard InChI is InChI=1S/C91H145F3N10O22/c1-19-46-97-87(113)73(100-80(107)44-43-79(106)95-48-26-51-119-53-55-121-56-54-120-52-27-49-98-86(112)70-37-39-71(40-38-70)90(101-102-90)91(92,93)94)29-23-24-47-96-81(108)59-122-99-50-45-64(6)85(123-69(11)105)67(9)78(125-88(114)68(10)103(12)13)42-36-63(5)83(110)65(7)76-31-25-28-72(117-17)57-60(2)33-34-61(3)75(118-18)41-35-62(4)84(111)66(8)77(30-21-20-22-32-82(109)124-76)126-89(115)74(58-116-16)104(14)15/h1,20-22,25,28,32,34,37-40,50,60,62-68,72-78,83-85,110-111H,23-24,26-27,29-31,33,35-36,41-49,51-59H2,2-18H3,(H,95,106)(H,96,108)(H,97,113)(H,98,112)(H,100,107)/b21-20+,28-25+,32-22+,61-34+,99-50?/t60-,62-,63+,64-,65-,66-,67+,68+,72+,73+,74?,75+,76+,77-,78-,83+,84-,85-/m1/s1. The molecule has 1 aromatic carbocycles. The lowest BCUT2D eigenvalue weighted by molar-refractivity contribution is -0.167. The van der Waals surface area contributed by atoms with Gasteiger partial charge in [-0.1, -0.05) is 108 Å². The van der Waals surface area contributed by atoms with Gasteiger partial charge in [0.1, 0.15) is 42.5 Å². The van der Waals surface area contributed by atoms with Crippen LogP contribution >= 0.6 is 0 Å². The zero-order chi connectivity index (χ0) is 93.9. The third-order valence-electron chi connectivity index (χ3n) is 22.6. The normalized spacial score (nSPS) is 22.8. The van der Waals surface area contributed by atoms with Crippen LogP contribution in [0.5, 0.6) is 0 Å². The van der Waals surface area contributed by atoms with Crippen molar-refractivity contribution in [3.63, 3.8) is 0 Å². The molecule has 2 aliphatic heterocycles. The van der Waals surface area contributed by atoms with E-state index in [4.69, 9.17) is 58.6 Å². The molecule has 0 radical (unpaired) electrons. The van der Waals surface area contributed by atoms with Gasteiger partial charge in [-0.25, -0.2) is 4.79 Å². The zero-order valence-electron chi connectivity index (χ0n) is 77.1. The summed E-state index contributed by atoms with van der Waals surface area (Å²) in [5.41, 5.74) is -1.43. The van der Waals surface area contributed by atoms with E-state index in [1.165, 1.54) is 56.7 Å². The molecule has 0 saturated carbocycles. The lowest BCUT2D eigenvalue weighted by Gasteiger charge is -2.35. The van der Waals surface area contributed by atoms with Crippen molar-refractivity contribution < 1.29 is 119 Å². The molecule has 1 aromatic rings. The number of nitrogens with one attached hydrogen (secondary N) is 5. The number of benzene rings is 1. The molecule has 0 aliphatic carbocycles. The molecule has 32 nitrogen and oxygen atoms in total. The lowest BCUT2D eigenvalue weighted by Crippen LogP contribution is -2.47. The van der Waals surface area contributed by atoms with E-state index >= 15 is 0 Å². The predicted octanol–water partition coefficient (Wildman–Crippen LogP) is 9.38. The number of carbonyl (C=O) groups excluding carboxylic acids is 9. The number of hydrogen-bond donors (Lipinski definition) is 7. The van der Waals surface area contributed by atoms with Crippen molar-refractivity contribution in [2.45, 2.75) is 251 Å². The molecule has 0 bridgehead atoms. The van der Waals surface area contributed by atoms with E-state index in [1.54, 1.807) is 71.3 Å². The molecular formula is C91H145F3N10O22. The fourth-order valence-electron chi connectivity index (χ4n) is 14.1. The highest BCUT2D eigenvalue weighted by atomic mass is 19.4. The number of hydrogen-bond acceptors (Lipinski definition) is 27. The summed E-state index contributed by atoms with van der Waals surface area (Å²) >= 11 is 0. The molecule has 0 spiro atoms. The first-order valence-electron chi connectivity index (χ1n) is 43.9. The van der Waals surface area contributed by atoms with E-state index in [2.05, 4.69) is 60.9 Å². The molecule has 712 valence electrons. The maximum absolute atomic E-state index is 13.9. The van der Waals surface area contributed by atoms with E-state index in [0.29, 0.717) is 97.6 Å². The van der Waals surface area contributed by atoms with E-state index in [-0.39, 0.29) is 112 Å². The highest BCUT2D eigenvalue weighted by Gasteiger charge is 2.65. The lowest BCUT2D eigenvalue weighted by atomic mass is 9.82. The summed E-state index contributed by atoms with van der Waals surface area (Å²) in [5, 5.41) is 47.9. The van der Waals surface area contributed by atoms with Gasteiger partial charge in [0, 0.05) is 128 Å². The number of amides is 5. The second-order valence-corrected chi connectivity index (χ2v) is 33.2. The second-order valence-electron chi connectivity index (χ2n) is 33.2. The zero-order valence-corrected chi connectivity index (χ0v) is 77.1. The van der Waals surface area contributed by atoms with Crippen LogP contribution in [0.1, 0.15) is 188 Å². The van der Waals surface area contributed by atoms with Crippen LogP contribution in [0.4, 0.5) is 13.2 Å². The van der Waals surface area contributed by atoms with Gasteiger partial charge in [-0.2, -0.15) is 13.2 Å². The smallest absolute Gasteiger partial charge is 0.442 e. The topological polar surface area (TPSA) is 399 Å². The first-order valence-corrected chi connectivity index (χ1v) is 43.9. The summed E-state index contributed by atoms with van der Waals surface area (Å²) in [5.74, 6) is -4.90. The summed E-state index contributed by atoms with van der Waals surface area (Å²) in [6.07, 6.45) is 14.4. The molecule has 35 heteroatoms. The number of alkyl halides is 3. The van der Waals surface area contributed by atoms with Gasteiger partial charge in [0.2, 0.25) is 17.7 Å². The number of aliphatic hydroxyl groups excluding tert-OH is 2. The number of ether oxygens (including phenoxy) is 10. The molecule has 0 fully saturated rings. The number of esters is 4. The predicted molar refractivity (Wildman–Crippen MR) is 469 cm³/mol. The summed E-state index contributed by atoms with van der Waals surface area (Å²) in [6.45, 7) is 20.6. The maximum Gasteiger partial charge on any atom is 0.442 e. The Bertz CT molecular complexity index is 3650. The van der Waals surface area contributed by atoms with Gasteiger partial charge in [0.25, 0.3) is 11.8 Å². The Hall–Kier alpha value is -8.57. The van der Waals surface area contributed by atoms with Gasteiger partial charge in [-0.05, 0) is 160 Å². The number of aliphatic hydroxyl groups is 2. The van der Waals surface area contributed by atoms with Crippen LogP contribution < -0.4 is 26.6 Å². The number of terminal acetylenes is 1. The first kappa shape index (κ1) is 112. The van der Waals surface area contributed by atoms with Gasteiger partial charge >= 0.3 is 35.7 Å². The Morgan fingerprint density at radius 1 is 0.746 bits per heavy atom. The second kappa shape index (κ2) is 61.0. The van der Waals surface area contributed by atoms with Crippen LogP contribution in [0.25, 0.3) is 0 Å². The summed E-state index contributed by atoms with van der Waals surface area (Å²) in [6, 6.07) is 2.63. The minimum absolute atomic E-state index is 0.0782. The molecule has 1 unspecified atom stereocenters. The molecule has 7 N–H and O–H groups in total. The van der Waals surface area contributed by atoms with Crippen molar-refractivity contribution in [1.82, 2.24) is 36.4 Å². The number of cyclic esters (lactones) is 1. The van der Waals surface area contributed by atoms with Crippen LogP contribution in [0.3, 0.4) is 0 Å². The molecule has 2 aliphatic rings. The summed E-state index contributed by atoms with van der Waals surface area (Å²) in [4.78, 5) is 127. The monoisotopic (exact) mass is 1790 g/mol. The van der Waals surface area contributed by atoms with Crippen LogP contribution in [0, 0.1) is 53.8 Å². The van der Waals surface area contributed by atoms with Gasteiger partial charge in [-0.15, -0.1) is 16.7 Å². The molecule has 126 heavy (non-hydrogen) atoms. The molecule has 0 aromatic heterocycles. The Kier molecular flexibility index (Phi) is 54.1. The number of likely N-dealkylation sites (N-methyl/N-ethyl adjacent to an activating group) is 2. The highest BCUT2D eigenvalue weighted by molar-refractivity contribution is 5.94. The number of oxime groups is 1. The van der Waals surface area contributed by atoms with Crippen molar-refractivity contribution in [3.8, 4) is 12.3 Å². The Balaban J connectivity index is 1.55. The third kappa shape index (κ3) is 42.6. The molecular weight excluding hydrogens is 1640 g/mol. The highest BCUT2D eigenvalue weighted by Crippen LogP contribution is 2.52. The summed E-state index contributed by atoms with van der Waals surface area (Å²) < 4.78 is 98.2. The summed E-state index contributed by atoms with van der Waals surface area (Å²) in [7, 11) is 11.8. The number of rotatable bonds is 52. The molecule has 3 rings (SSSR count). The maximum atomic E-state index is 13.9. The van der Waals surface area contributed by atoms with Crippen LogP contribution in [-0.2, 0) is 96.2 Å². The minimum Gasteiger partial charge on any atom is -0.462 e. The van der Waals surface area contributed by atoms with E-state index in [9.17, 15) is 66.5 Å². The number of allylic oxidation sites excluding steroid dienone is 3. The quantitative estimate of drug-likeness (QED) is 0.00607. The number of nitrogens with zero attached hydrogens (tertiary/aromatic N) is 5. The van der Waals surface area contributed by atoms with Gasteiger partial charge in [-0.3, -0.25) is 48.2 Å². The SMILES string of the molecule is C#CCNC(=O)[C@H](CCCCNC(=O)CON=CC[C@@H](C)[C@@H](OC(C)=O)[C@@H](C)[C@@H](CC[C@H](C)[C@H](O)[C@H](C)[C@@H]1C/C=C/[C@H](OC)C[C@H](C)C/C=C(\C)[C@@H](OC)CC[C@@H](C)[C@@H](O)[C@H](C)[C@H](OC(=O)C(COC)N(C)C)C/C=C/C=C/C(=O)O1)OC(=O)[C@H](C)N(C)C)NC(=O)CCC(=O)NCCCOCCOCCOCCCNC(=O)c1ccc(C2(C(F)(F)F)N=N2)cc1. The first-order chi connectivity index (χ1) is 59.9. The molecule has 2 heterocycles. The van der Waals surface area contributed by atoms with E-state index in [0.717, 1.165) is 12.0 Å². The Morgan fingerprint density at radius 2 is 1.38 bits per heavy atom. The van der Waals surface area contributed by atoms with Crippen molar-refractivity contribution in [2.75, 3.05) is 129 Å². The molecule has 18 atom stereocenters. The number of halogens is 3. The number of methoxy groups -OCH3 is 3. The van der Waals surface area contributed by atoms with Crippen molar-refractivity contribution in [2.24, 2.45) is 56.8 Å². The van der Waals surface area contributed by atoms with Crippen molar-refractivity contribution >= 4 is 59.6 Å². The van der Waals surface area contributed by atoms with Crippen molar-refractivity contribution in [3.05, 3.63) is 83.5 Å². The minimum atomic E-state index is -4.65. The molecule has 0 saturated heterocycles. The number of unbranched alkanes of at least 4 members (excludes halogenated alkanes) is 1. The fourth-order valence-corrected chi connectivity index (χ4v) is 14.1. The van der Waals surface area contributed by atoms with Gasteiger partial charge in [0.15, 0.2) is 6.61 Å². The third-order valence-corrected chi connectivity index (χ3v) is 22.6. The average Bonchev–Trinajstić information content (AvgIpc) is 1.58. The van der Waals surface area contributed by atoms with Gasteiger partial charge < -0.3 is 89.0 Å². The Morgan fingerprint density at radius 3 is 1.98 bits per heavy atom. The van der Waals surface area contributed by atoms with Crippen LogP contribution in [0.2, 0.25) is 0 Å². The van der Waals surface area contributed by atoms with E-state index < -0.39 is 150 Å². The van der Waals surface area contributed by atoms with Crippen molar-refractivity contribution in [1.29, 1.82) is 0 Å². The largest absolute Gasteiger partial charge is 0.462 e.